The SMILES string of the molecule is C=CCOC(=O)N1CCC(C(=O)[O-])CC1. The summed E-state index contributed by atoms with van der Waals surface area (Å²) in [6.45, 7) is 4.43. The highest BCUT2D eigenvalue weighted by Gasteiger charge is 2.23. The molecule has 0 saturated carbocycles. The number of hydrogen-bond donors (Lipinski definition) is 0. The molecule has 5 heteroatoms. The van der Waals surface area contributed by atoms with Crippen LogP contribution in [0.3, 0.4) is 0 Å². The van der Waals surface area contributed by atoms with Crippen molar-refractivity contribution < 1.29 is 19.4 Å². The van der Waals surface area contributed by atoms with Gasteiger partial charge in [-0.2, -0.15) is 0 Å². The van der Waals surface area contributed by atoms with Crippen molar-refractivity contribution in [2.24, 2.45) is 5.92 Å². The lowest BCUT2D eigenvalue weighted by atomic mass is 9.97. The van der Waals surface area contributed by atoms with Gasteiger partial charge in [0.1, 0.15) is 6.61 Å². The Balaban J connectivity index is 2.33. The van der Waals surface area contributed by atoms with E-state index in [1.54, 1.807) is 0 Å². The van der Waals surface area contributed by atoms with E-state index in [9.17, 15) is 14.7 Å². The summed E-state index contributed by atoms with van der Waals surface area (Å²) < 4.78 is 4.83. The summed E-state index contributed by atoms with van der Waals surface area (Å²) in [6.07, 6.45) is 1.95. The Labute approximate surface area is 88.3 Å². The quantitative estimate of drug-likeness (QED) is 0.606. The molecule has 1 saturated heterocycles. The van der Waals surface area contributed by atoms with Crippen molar-refractivity contribution in [3.8, 4) is 0 Å². The molecule has 1 amide bonds. The van der Waals surface area contributed by atoms with E-state index in [2.05, 4.69) is 6.58 Å². The Morgan fingerprint density at radius 1 is 1.47 bits per heavy atom. The Kier molecular flexibility index (Phi) is 4.15. The molecular formula is C10H14NO4-. The lowest BCUT2D eigenvalue weighted by molar-refractivity contribution is -0.312. The third kappa shape index (κ3) is 3.27. The molecule has 0 aromatic carbocycles. The number of piperidine rings is 1. The van der Waals surface area contributed by atoms with Crippen molar-refractivity contribution in [1.29, 1.82) is 0 Å². The summed E-state index contributed by atoms with van der Waals surface area (Å²) in [5, 5.41) is 10.5. The van der Waals surface area contributed by atoms with E-state index in [4.69, 9.17) is 4.74 Å². The van der Waals surface area contributed by atoms with Crippen LogP contribution in [0.4, 0.5) is 4.79 Å². The van der Waals surface area contributed by atoms with Crippen LogP contribution in [0.15, 0.2) is 12.7 Å². The number of carbonyl (C=O) groups excluding carboxylic acids is 2. The van der Waals surface area contributed by atoms with E-state index < -0.39 is 18.0 Å². The number of nitrogens with zero attached hydrogens (tertiary/aromatic N) is 1. The first-order chi connectivity index (χ1) is 7.15. The first-order valence-electron chi connectivity index (χ1n) is 4.88. The van der Waals surface area contributed by atoms with Crippen LogP contribution in [-0.4, -0.2) is 36.7 Å². The predicted octanol–water partition coefficient (Wildman–Crippen LogP) is -0.229. The minimum atomic E-state index is -1.03. The summed E-state index contributed by atoms with van der Waals surface area (Å²) in [5.74, 6) is -1.47. The fourth-order valence-electron chi connectivity index (χ4n) is 1.52. The van der Waals surface area contributed by atoms with Gasteiger partial charge >= 0.3 is 6.09 Å². The lowest BCUT2D eigenvalue weighted by Crippen LogP contribution is -2.43. The Morgan fingerprint density at radius 2 is 2.07 bits per heavy atom. The van der Waals surface area contributed by atoms with Crippen molar-refractivity contribution in [2.45, 2.75) is 12.8 Å². The highest BCUT2D eigenvalue weighted by atomic mass is 16.6. The first kappa shape index (κ1) is 11.6. The second-order valence-electron chi connectivity index (χ2n) is 3.45. The van der Waals surface area contributed by atoms with Crippen molar-refractivity contribution in [1.82, 2.24) is 4.90 Å². The molecule has 0 bridgehead atoms. The average molecular weight is 212 g/mol. The van der Waals surface area contributed by atoms with E-state index in [0.29, 0.717) is 25.9 Å². The lowest BCUT2D eigenvalue weighted by Gasteiger charge is -2.31. The van der Waals surface area contributed by atoms with E-state index in [1.165, 1.54) is 11.0 Å². The molecule has 15 heavy (non-hydrogen) atoms. The van der Waals surface area contributed by atoms with Gasteiger partial charge < -0.3 is 19.5 Å². The number of likely N-dealkylation sites (tertiary alicyclic amines) is 1. The third-order valence-electron chi connectivity index (χ3n) is 2.41. The molecule has 1 heterocycles. The smallest absolute Gasteiger partial charge is 0.410 e. The summed E-state index contributed by atoms with van der Waals surface area (Å²) in [7, 11) is 0. The van der Waals surface area contributed by atoms with Crippen LogP contribution in [0.2, 0.25) is 0 Å². The van der Waals surface area contributed by atoms with E-state index in [-0.39, 0.29) is 6.61 Å². The minimum absolute atomic E-state index is 0.180. The summed E-state index contributed by atoms with van der Waals surface area (Å²) in [4.78, 5) is 23.4. The van der Waals surface area contributed by atoms with Gasteiger partial charge in [-0.15, -0.1) is 0 Å². The van der Waals surface area contributed by atoms with Crippen LogP contribution in [0.5, 0.6) is 0 Å². The van der Waals surface area contributed by atoms with Crippen LogP contribution in [0.1, 0.15) is 12.8 Å². The number of ether oxygens (including phenoxy) is 1. The van der Waals surface area contributed by atoms with E-state index >= 15 is 0 Å². The van der Waals surface area contributed by atoms with Gasteiger partial charge in [-0.05, 0) is 12.8 Å². The molecule has 1 rings (SSSR count). The fraction of sp³-hybridized carbons (Fsp3) is 0.600. The highest BCUT2D eigenvalue weighted by Crippen LogP contribution is 2.16. The first-order valence-corrected chi connectivity index (χ1v) is 4.88. The molecule has 5 nitrogen and oxygen atoms in total. The van der Waals surface area contributed by atoms with Crippen molar-refractivity contribution in [3.05, 3.63) is 12.7 Å². The molecule has 0 unspecified atom stereocenters. The average Bonchev–Trinajstić information content (AvgIpc) is 2.26. The zero-order chi connectivity index (χ0) is 11.3. The summed E-state index contributed by atoms with van der Waals surface area (Å²) in [5.41, 5.74) is 0. The van der Waals surface area contributed by atoms with Gasteiger partial charge in [0.2, 0.25) is 0 Å². The molecule has 0 aliphatic carbocycles. The molecule has 1 aliphatic heterocycles. The molecule has 1 fully saturated rings. The highest BCUT2D eigenvalue weighted by molar-refractivity contribution is 5.70. The summed E-state index contributed by atoms with van der Waals surface area (Å²) in [6, 6.07) is 0. The second-order valence-corrected chi connectivity index (χ2v) is 3.45. The molecule has 0 radical (unpaired) electrons. The predicted molar refractivity (Wildman–Crippen MR) is 50.8 cm³/mol. The molecule has 0 N–H and O–H groups in total. The molecule has 1 aliphatic rings. The maximum Gasteiger partial charge on any atom is 0.410 e. The van der Waals surface area contributed by atoms with Gasteiger partial charge in [-0.1, -0.05) is 12.7 Å². The maximum atomic E-state index is 11.3. The minimum Gasteiger partial charge on any atom is -0.550 e. The van der Waals surface area contributed by atoms with Crippen LogP contribution in [0.25, 0.3) is 0 Å². The molecule has 0 aromatic heterocycles. The van der Waals surface area contributed by atoms with E-state index in [1.807, 2.05) is 0 Å². The maximum absolute atomic E-state index is 11.3. The number of rotatable bonds is 3. The molecule has 84 valence electrons. The van der Waals surface area contributed by atoms with Gasteiger partial charge in [0, 0.05) is 25.0 Å². The van der Waals surface area contributed by atoms with Gasteiger partial charge in [0.05, 0.1) is 0 Å². The molecule has 0 atom stereocenters. The number of carboxylic acid groups (broad SMARTS) is 1. The standard InChI is InChI=1S/C10H15NO4/c1-2-7-15-10(14)11-5-3-8(4-6-11)9(12)13/h2,8H,1,3-7H2,(H,12,13)/p-1. The zero-order valence-electron chi connectivity index (χ0n) is 8.48. The molecule has 0 spiro atoms. The van der Waals surface area contributed by atoms with Crippen LogP contribution in [0, 0.1) is 5.92 Å². The van der Waals surface area contributed by atoms with Crippen LogP contribution >= 0.6 is 0 Å². The van der Waals surface area contributed by atoms with Gasteiger partial charge in [-0.3, -0.25) is 0 Å². The van der Waals surface area contributed by atoms with Gasteiger partial charge in [0.25, 0.3) is 0 Å². The van der Waals surface area contributed by atoms with Gasteiger partial charge in [0.15, 0.2) is 0 Å². The number of amides is 1. The number of hydrogen-bond acceptors (Lipinski definition) is 4. The Hall–Kier alpha value is -1.52. The van der Waals surface area contributed by atoms with Crippen LogP contribution in [-0.2, 0) is 9.53 Å². The van der Waals surface area contributed by atoms with Crippen molar-refractivity contribution in [2.75, 3.05) is 19.7 Å². The number of carbonyl (C=O) groups is 2. The largest absolute Gasteiger partial charge is 0.550 e. The normalized spacial score (nSPS) is 17.2. The Morgan fingerprint density at radius 3 is 2.53 bits per heavy atom. The Bertz CT molecular complexity index is 256. The number of aliphatic carboxylic acids is 1. The van der Waals surface area contributed by atoms with E-state index in [0.717, 1.165) is 0 Å². The third-order valence-corrected chi connectivity index (χ3v) is 2.41. The molecular weight excluding hydrogens is 198 g/mol. The van der Waals surface area contributed by atoms with Crippen molar-refractivity contribution in [3.63, 3.8) is 0 Å². The summed E-state index contributed by atoms with van der Waals surface area (Å²) >= 11 is 0. The van der Waals surface area contributed by atoms with Crippen LogP contribution < -0.4 is 5.11 Å². The van der Waals surface area contributed by atoms with Gasteiger partial charge in [-0.25, -0.2) is 4.79 Å². The zero-order valence-corrected chi connectivity index (χ0v) is 8.48. The van der Waals surface area contributed by atoms with Crippen molar-refractivity contribution >= 4 is 12.1 Å². The number of carboxylic acids is 1. The fourth-order valence-corrected chi connectivity index (χ4v) is 1.52. The molecule has 0 aromatic rings. The second kappa shape index (κ2) is 5.38. The topological polar surface area (TPSA) is 69.7 Å². The monoisotopic (exact) mass is 212 g/mol.